The molecule has 3 atom stereocenters. The molecular formula is C26H30N6O4. The Bertz CT molecular complexity index is 1190. The summed E-state index contributed by atoms with van der Waals surface area (Å²) in [4.78, 5) is 46.3. The van der Waals surface area contributed by atoms with Crippen molar-refractivity contribution in [3.05, 3.63) is 66.6 Å². The summed E-state index contributed by atoms with van der Waals surface area (Å²) in [5.74, 6) is -0.275. The Morgan fingerprint density at radius 1 is 1.22 bits per heavy atom. The number of aromatic nitrogens is 4. The van der Waals surface area contributed by atoms with Gasteiger partial charge >= 0.3 is 0 Å². The summed E-state index contributed by atoms with van der Waals surface area (Å²) in [6.07, 6.45) is 9.49. The van der Waals surface area contributed by atoms with Crippen molar-refractivity contribution in [2.45, 2.75) is 32.4 Å². The second kappa shape index (κ2) is 11.2. The Morgan fingerprint density at radius 2 is 2.00 bits per heavy atom. The van der Waals surface area contributed by atoms with Crippen molar-refractivity contribution in [1.82, 2.24) is 29.7 Å². The maximum atomic E-state index is 13.6. The number of hydrogen-bond acceptors (Lipinski definition) is 8. The van der Waals surface area contributed by atoms with Crippen LogP contribution < -0.4 is 4.74 Å². The second-order valence-corrected chi connectivity index (χ2v) is 9.14. The normalized spacial score (nSPS) is 18.4. The third-order valence-corrected chi connectivity index (χ3v) is 6.37. The number of rotatable bonds is 7. The molecule has 0 radical (unpaired) electrons. The Kier molecular flexibility index (Phi) is 7.84. The van der Waals surface area contributed by atoms with Crippen LogP contribution in [0.3, 0.4) is 0 Å². The van der Waals surface area contributed by atoms with Gasteiger partial charge in [0.2, 0.25) is 11.8 Å². The fourth-order valence-corrected chi connectivity index (χ4v) is 4.11. The zero-order valence-corrected chi connectivity index (χ0v) is 20.6. The highest BCUT2D eigenvalue weighted by molar-refractivity contribution is 5.98. The standard InChI is InChI=1S/C26H30N6O4/c1-17-13-32(18(2)15-33)26(35)22-8-20(21-10-28-16-29-11-21)12-30-25(22)36-23(17)14-31(3)24(34)7-19-5-4-6-27-9-19/h4-6,8-12,16-18,23,33H,7,13-15H2,1-3H3/t17-,18-,23+/m0/s1. The minimum Gasteiger partial charge on any atom is -0.472 e. The van der Waals surface area contributed by atoms with Gasteiger partial charge in [0.1, 0.15) is 18.0 Å². The van der Waals surface area contributed by atoms with Crippen LogP contribution in [0.5, 0.6) is 5.88 Å². The van der Waals surface area contributed by atoms with Crippen LogP contribution in [0.2, 0.25) is 0 Å². The van der Waals surface area contributed by atoms with Gasteiger partial charge in [0.15, 0.2) is 0 Å². The average Bonchev–Trinajstić information content (AvgIpc) is 2.91. The molecule has 0 bridgehead atoms. The van der Waals surface area contributed by atoms with Gasteiger partial charge in [0.25, 0.3) is 5.91 Å². The fourth-order valence-electron chi connectivity index (χ4n) is 4.11. The topological polar surface area (TPSA) is 122 Å². The SMILES string of the molecule is C[C@H]1CN([C@@H](C)CO)C(=O)c2cc(-c3cncnc3)cnc2O[C@@H]1CN(C)C(=O)Cc1cccnc1. The summed E-state index contributed by atoms with van der Waals surface area (Å²) in [5.41, 5.74) is 2.52. The largest absolute Gasteiger partial charge is 0.472 e. The zero-order valence-electron chi connectivity index (χ0n) is 20.6. The lowest BCUT2D eigenvalue weighted by Gasteiger charge is -2.37. The van der Waals surface area contributed by atoms with E-state index in [0.29, 0.717) is 18.7 Å². The van der Waals surface area contributed by atoms with Crippen molar-refractivity contribution in [3.8, 4) is 17.0 Å². The number of carbonyl (C=O) groups excluding carboxylic acids is 2. The first-order valence-corrected chi connectivity index (χ1v) is 11.8. The summed E-state index contributed by atoms with van der Waals surface area (Å²) < 4.78 is 6.28. The lowest BCUT2D eigenvalue weighted by atomic mass is 9.99. The van der Waals surface area contributed by atoms with Crippen LogP contribution in [0.1, 0.15) is 29.8 Å². The number of aliphatic hydroxyl groups is 1. The number of nitrogens with zero attached hydrogens (tertiary/aromatic N) is 6. The molecule has 3 aromatic rings. The molecule has 188 valence electrons. The molecule has 0 saturated carbocycles. The molecule has 1 N–H and O–H groups in total. The van der Waals surface area contributed by atoms with Gasteiger partial charge in [-0.05, 0) is 24.6 Å². The Hall–Kier alpha value is -3.92. The highest BCUT2D eigenvalue weighted by Gasteiger charge is 2.34. The lowest BCUT2D eigenvalue weighted by molar-refractivity contribution is -0.130. The van der Waals surface area contributed by atoms with E-state index in [1.165, 1.54) is 6.33 Å². The van der Waals surface area contributed by atoms with E-state index in [1.54, 1.807) is 66.9 Å². The fraction of sp³-hybridized carbons (Fsp3) is 0.385. The van der Waals surface area contributed by atoms with Gasteiger partial charge in [-0.2, -0.15) is 0 Å². The van der Waals surface area contributed by atoms with E-state index in [0.717, 1.165) is 11.1 Å². The van der Waals surface area contributed by atoms with E-state index in [1.807, 2.05) is 13.0 Å². The minimum atomic E-state index is -0.425. The van der Waals surface area contributed by atoms with E-state index in [-0.39, 0.29) is 42.2 Å². The molecule has 1 aliphatic heterocycles. The van der Waals surface area contributed by atoms with E-state index in [9.17, 15) is 14.7 Å². The first-order chi connectivity index (χ1) is 17.4. The van der Waals surface area contributed by atoms with Crippen LogP contribution in [0.25, 0.3) is 11.1 Å². The third kappa shape index (κ3) is 5.65. The summed E-state index contributed by atoms with van der Waals surface area (Å²) in [6, 6.07) is 4.98. The van der Waals surface area contributed by atoms with Gasteiger partial charge in [-0.25, -0.2) is 15.0 Å². The quantitative estimate of drug-likeness (QED) is 0.533. The van der Waals surface area contributed by atoms with Gasteiger partial charge < -0.3 is 19.6 Å². The molecule has 10 nitrogen and oxygen atoms in total. The Morgan fingerprint density at radius 3 is 2.69 bits per heavy atom. The second-order valence-electron chi connectivity index (χ2n) is 9.14. The predicted octanol–water partition coefficient (Wildman–Crippen LogP) is 1.85. The molecule has 0 aliphatic carbocycles. The number of ether oxygens (including phenoxy) is 1. The minimum absolute atomic E-state index is 0.0647. The van der Waals surface area contributed by atoms with Crippen LogP contribution in [0.15, 0.2) is 55.5 Å². The smallest absolute Gasteiger partial charge is 0.259 e. The van der Waals surface area contributed by atoms with Crippen molar-refractivity contribution in [1.29, 1.82) is 0 Å². The third-order valence-electron chi connectivity index (χ3n) is 6.37. The highest BCUT2D eigenvalue weighted by atomic mass is 16.5. The molecule has 36 heavy (non-hydrogen) atoms. The maximum absolute atomic E-state index is 13.6. The van der Waals surface area contributed by atoms with Crippen LogP contribution in [0.4, 0.5) is 0 Å². The number of pyridine rings is 2. The van der Waals surface area contributed by atoms with Crippen molar-refractivity contribution >= 4 is 11.8 Å². The Balaban J connectivity index is 1.62. The molecule has 1 aliphatic rings. The van der Waals surface area contributed by atoms with Gasteiger partial charge in [-0.1, -0.05) is 13.0 Å². The van der Waals surface area contributed by atoms with E-state index in [2.05, 4.69) is 19.9 Å². The monoisotopic (exact) mass is 490 g/mol. The van der Waals surface area contributed by atoms with Crippen LogP contribution in [-0.4, -0.2) is 85.5 Å². The van der Waals surface area contributed by atoms with Crippen molar-refractivity contribution in [3.63, 3.8) is 0 Å². The van der Waals surface area contributed by atoms with Crippen molar-refractivity contribution in [2.75, 3.05) is 26.7 Å². The predicted molar refractivity (Wildman–Crippen MR) is 132 cm³/mol. The van der Waals surface area contributed by atoms with Crippen LogP contribution >= 0.6 is 0 Å². The zero-order chi connectivity index (χ0) is 25.7. The molecule has 4 rings (SSSR count). The van der Waals surface area contributed by atoms with Crippen molar-refractivity contribution < 1.29 is 19.4 Å². The van der Waals surface area contributed by atoms with Gasteiger partial charge in [0, 0.05) is 61.6 Å². The van der Waals surface area contributed by atoms with Crippen molar-refractivity contribution in [2.24, 2.45) is 5.92 Å². The number of likely N-dealkylation sites (N-methyl/N-ethyl adjacent to an activating group) is 1. The van der Waals surface area contributed by atoms with Gasteiger partial charge in [-0.15, -0.1) is 0 Å². The molecule has 0 spiro atoms. The summed E-state index contributed by atoms with van der Waals surface area (Å²) in [6.45, 7) is 4.25. The molecule has 2 amide bonds. The molecule has 3 aromatic heterocycles. The van der Waals surface area contributed by atoms with Crippen LogP contribution in [0, 0.1) is 5.92 Å². The number of carbonyl (C=O) groups is 2. The number of hydrogen-bond donors (Lipinski definition) is 1. The van der Waals surface area contributed by atoms with E-state index in [4.69, 9.17) is 4.74 Å². The molecule has 0 aromatic carbocycles. The first-order valence-electron chi connectivity index (χ1n) is 11.8. The van der Waals surface area contributed by atoms with Crippen LogP contribution in [-0.2, 0) is 11.2 Å². The average molecular weight is 491 g/mol. The lowest BCUT2D eigenvalue weighted by Crippen LogP contribution is -2.50. The number of amides is 2. The van der Waals surface area contributed by atoms with Gasteiger partial charge in [0.05, 0.1) is 25.6 Å². The molecule has 4 heterocycles. The number of fused-ring (bicyclic) bond motifs is 1. The summed E-state index contributed by atoms with van der Waals surface area (Å²) >= 11 is 0. The van der Waals surface area contributed by atoms with Gasteiger partial charge in [-0.3, -0.25) is 14.6 Å². The molecular weight excluding hydrogens is 460 g/mol. The summed E-state index contributed by atoms with van der Waals surface area (Å²) in [5, 5.41) is 9.84. The molecule has 0 saturated heterocycles. The number of aliphatic hydroxyl groups excluding tert-OH is 1. The molecule has 0 fully saturated rings. The molecule has 10 heteroatoms. The summed E-state index contributed by atoms with van der Waals surface area (Å²) in [7, 11) is 1.74. The molecule has 0 unspecified atom stereocenters. The Labute approximate surface area is 210 Å². The first kappa shape index (κ1) is 25.2. The maximum Gasteiger partial charge on any atom is 0.259 e. The van der Waals surface area contributed by atoms with E-state index < -0.39 is 12.1 Å². The van der Waals surface area contributed by atoms with E-state index >= 15 is 0 Å². The highest BCUT2D eigenvalue weighted by Crippen LogP contribution is 2.30.